The molecule has 3 aromatic rings. The van der Waals surface area contributed by atoms with Gasteiger partial charge in [-0.25, -0.2) is 0 Å². The molecule has 0 saturated carbocycles. The van der Waals surface area contributed by atoms with Crippen molar-refractivity contribution in [2.45, 2.75) is 18.9 Å². The Morgan fingerprint density at radius 2 is 1.88 bits per heavy atom. The molecule has 1 aromatic heterocycles. The molecule has 126 valence electrons. The van der Waals surface area contributed by atoms with Gasteiger partial charge in [-0.3, -0.25) is 4.98 Å². The lowest BCUT2D eigenvalue weighted by atomic mass is 9.93. The molecule has 0 fully saturated rings. The van der Waals surface area contributed by atoms with Crippen LogP contribution >= 0.6 is 0 Å². The molecule has 2 heteroatoms. The van der Waals surface area contributed by atoms with E-state index in [1.807, 2.05) is 24.7 Å². The lowest BCUT2D eigenvalue weighted by Gasteiger charge is -2.24. The summed E-state index contributed by atoms with van der Waals surface area (Å²) in [6, 6.07) is 19.9. The van der Waals surface area contributed by atoms with Crippen LogP contribution in [0.15, 0.2) is 84.8 Å². The summed E-state index contributed by atoms with van der Waals surface area (Å²) in [5.74, 6) is 0. The van der Waals surface area contributed by atoms with Crippen molar-refractivity contribution in [3.05, 3.63) is 107 Å². The summed E-state index contributed by atoms with van der Waals surface area (Å²) >= 11 is 0. The summed E-state index contributed by atoms with van der Waals surface area (Å²) < 4.78 is 0. The molecule has 26 heavy (non-hydrogen) atoms. The first kappa shape index (κ1) is 15.2. The molecule has 2 nitrogen and oxygen atoms in total. The van der Waals surface area contributed by atoms with Gasteiger partial charge in [-0.2, -0.15) is 0 Å². The van der Waals surface area contributed by atoms with Crippen LogP contribution in [0.3, 0.4) is 0 Å². The summed E-state index contributed by atoms with van der Waals surface area (Å²) in [7, 11) is 0. The molecule has 2 aliphatic rings. The van der Waals surface area contributed by atoms with Crippen LogP contribution in [0.5, 0.6) is 0 Å². The topological polar surface area (TPSA) is 24.9 Å². The lowest BCUT2D eigenvalue weighted by Crippen LogP contribution is -2.20. The fourth-order valence-electron chi connectivity index (χ4n) is 4.05. The zero-order valence-electron chi connectivity index (χ0n) is 14.5. The Balaban J connectivity index is 1.50. The van der Waals surface area contributed by atoms with Crippen LogP contribution in [-0.4, -0.2) is 4.98 Å². The smallest absolute Gasteiger partial charge is 0.0743 e. The Kier molecular flexibility index (Phi) is 3.67. The Morgan fingerprint density at radius 3 is 2.81 bits per heavy atom. The molecule has 2 aromatic carbocycles. The molecule has 1 N–H and O–H groups in total. The summed E-state index contributed by atoms with van der Waals surface area (Å²) in [6.07, 6.45) is 12.3. The molecule has 0 amide bonds. The highest BCUT2D eigenvalue weighted by molar-refractivity contribution is 5.78. The fourth-order valence-corrected chi connectivity index (χ4v) is 4.05. The largest absolute Gasteiger partial charge is 0.381 e. The Bertz CT molecular complexity index is 1020. The number of nitrogens with zero attached hydrogens (tertiary/aromatic N) is 1. The standard InChI is InChI=1S/C24H20N2/c1-2-8-22-18(5-1)15-21-14-17(9-10-23(21)22)13-19-6-4-12-26-24(19)20-7-3-11-25-16-20/h1-5,7-14,16,24,26H,6,15H2/b19-13+. The summed E-state index contributed by atoms with van der Waals surface area (Å²) in [5.41, 5.74) is 9.48. The number of aromatic nitrogens is 1. The van der Waals surface area contributed by atoms with Crippen LogP contribution in [0.1, 0.15) is 34.7 Å². The van der Waals surface area contributed by atoms with E-state index in [0.717, 1.165) is 12.8 Å². The molecule has 0 bridgehead atoms. The van der Waals surface area contributed by atoms with Crippen LogP contribution in [0.4, 0.5) is 0 Å². The fraction of sp³-hybridized carbons (Fsp3) is 0.125. The van der Waals surface area contributed by atoms with Crippen molar-refractivity contribution in [1.82, 2.24) is 10.3 Å². The van der Waals surface area contributed by atoms with Gasteiger partial charge in [0.25, 0.3) is 0 Å². The predicted molar refractivity (Wildman–Crippen MR) is 107 cm³/mol. The van der Waals surface area contributed by atoms with Gasteiger partial charge in [0.15, 0.2) is 0 Å². The minimum atomic E-state index is 0.194. The van der Waals surface area contributed by atoms with Gasteiger partial charge in [0.1, 0.15) is 0 Å². The molecule has 0 spiro atoms. The molecular formula is C24H20N2. The van der Waals surface area contributed by atoms with Crippen molar-refractivity contribution in [2.75, 3.05) is 0 Å². The van der Waals surface area contributed by atoms with Crippen molar-refractivity contribution in [3.8, 4) is 11.1 Å². The van der Waals surface area contributed by atoms with Crippen molar-refractivity contribution in [3.63, 3.8) is 0 Å². The van der Waals surface area contributed by atoms with E-state index in [4.69, 9.17) is 0 Å². The molecular weight excluding hydrogens is 316 g/mol. The van der Waals surface area contributed by atoms with Crippen LogP contribution in [0.2, 0.25) is 0 Å². The van der Waals surface area contributed by atoms with E-state index < -0.39 is 0 Å². The van der Waals surface area contributed by atoms with Crippen LogP contribution in [0, 0.1) is 0 Å². The van der Waals surface area contributed by atoms with Crippen LogP contribution in [-0.2, 0) is 6.42 Å². The highest BCUT2D eigenvalue weighted by Crippen LogP contribution is 2.37. The zero-order valence-corrected chi connectivity index (χ0v) is 14.5. The third-order valence-corrected chi connectivity index (χ3v) is 5.29. The maximum Gasteiger partial charge on any atom is 0.0743 e. The van der Waals surface area contributed by atoms with Crippen molar-refractivity contribution in [1.29, 1.82) is 0 Å². The van der Waals surface area contributed by atoms with Crippen LogP contribution < -0.4 is 5.32 Å². The minimum absolute atomic E-state index is 0.194. The van der Waals surface area contributed by atoms with E-state index in [1.165, 1.54) is 39.0 Å². The summed E-state index contributed by atoms with van der Waals surface area (Å²) in [6.45, 7) is 0. The normalized spacial score (nSPS) is 19.1. The number of nitrogens with one attached hydrogen (secondary N) is 1. The Morgan fingerprint density at radius 1 is 0.962 bits per heavy atom. The quantitative estimate of drug-likeness (QED) is 0.538. The van der Waals surface area contributed by atoms with Gasteiger partial charge in [-0.05, 0) is 64.1 Å². The molecule has 1 atom stereocenters. The second-order valence-corrected chi connectivity index (χ2v) is 6.96. The van der Waals surface area contributed by atoms with Gasteiger partial charge in [0.05, 0.1) is 6.04 Å². The lowest BCUT2D eigenvalue weighted by molar-refractivity contribution is 0.676. The maximum absolute atomic E-state index is 4.28. The zero-order chi connectivity index (χ0) is 17.3. The molecule has 0 saturated heterocycles. The number of pyridine rings is 1. The summed E-state index contributed by atoms with van der Waals surface area (Å²) in [5, 5.41) is 3.48. The molecule has 1 aliphatic heterocycles. The Labute approximate surface area is 153 Å². The van der Waals surface area contributed by atoms with E-state index in [2.05, 4.69) is 71.0 Å². The number of fused-ring (bicyclic) bond motifs is 3. The van der Waals surface area contributed by atoms with E-state index in [-0.39, 0.29) is 6.04 Å². The van der Waals surface area contributed by atoms with Crippen molar-refractivity contribution >= 4 is 6.08 Å². The van der Waals surface area contributed by atoms with Gasteiger partial charge >= 0.3 is 0 Å². The van der Waals surface area contributed by atoms with Gasteiger partial charge in [0, 0.05) is 12.4 Å². The second-order valence-electron chi connectivity index (χ2n) is 6.96. The minimum Gasteiger partial charge on any atom is -0.381 e. The maximum atomic E-state index is 4.28. The van der Waals surface area contributed by atoms with Crippen molar-refractivity contribution in [2.24, 2.45) is 0 Å². The number of allylic oxidation sites excluding steroid dienone is 1. The molecule has 1 aliphatic carbocycles. The third-order valence-electron chi connectivity index (χ3n) is 5.29. The van der Waals surface area contributed by atoms with Gasteiger partial charge in [-0.15, -0.1) is 0 Å². The van der Waals surface area contributed by atoms with E-state index in [0.29, 0.717) is 0 Å². The molecule has 0 radical (unpaired) electrons. The number of rotatable bonds is 2. The highest BCUT2D eigenvalue weighted by atomic mass is 14.9. The number of hydrogen-bond donors (Lipinski definition) is 1. The van der Waals surface area contributed by atoms with Gasteiger partial charge < -0.3 is 5.32 Å². The first-order valence-corrected chi connectivity index (χ1v) is 9.11. The monoisotopic (exact) mass is 336 g/mol. The highest BCUT2D eigenvalue weighted by Gasteiger charge is 2.19. The SMILES string of the molecule is C1=CNC(c2cccnc2)/C(=C/c2ccc3c(c2)Cc2ccccc2-3)C1. The third kappa shape index (κ3) is 2.64. The predicted octanol–water partition coefficient (Wildman–Crippen LogP) is 5.28. The first-order chi connectivity index (χ1) is 12.9. The van der Waals surface area contributed by atoms with Crippen LogP contribution in [0.25, 0.3) is 17.2 Å². The molecule has 1 unspecified atom stereocenters. The molecule has 2 heterocycles. The average Bonchev–Trinajstić information content (AvgIpc) is 3.07. The summed E-state index contributed by atoms with van der Waals surface area (Å²) in [4.78, 5) is 4.28. The average molecular weight is 336 g/mol. The van der Waals surface area contributed by atoms with E-state index >= 15 is 0 Å². The van der Waals surface area contributed by atoms with Crippen molar-refractivity contribution < 1.29 is 0 Å². The Hall–Kier alpha value is -3.13. The molecule has 5 rings (SSSR count). The van der Waals surface area contributed by atoms with Gasteiger partial charge in [-0.1, -0.05) is 60.7 Å². The second kappa shape index (κ2) is 6.30. The van der Waals surface area contributed by atoms with E-state index in [9.17, 15) is 0 Å². The number of benzene rings is 2. The first-order valence-electron chi connectivity index (χ1n) is 9.11. The van der Waals surface area contributed by atoms with E-state index in [1.54, 1.807) is 0 Å². The number of hydrogen-bond acceptors (Lipinski definition) is 2. The van der Waals surface area contributed by atoms with Gasteiger partial charge in [0.2, 0.25) is 0 Å².